The third-order valence-corrected chi connectivity index (χ3v) is 2.48. The summed E-state index contributed by atoms with van der Waals surface area (Å²) in [5.41, 5.74) is 2.52. The second kappa shape index (κ2) is 5.13. The van der Waals surface area contributed by atoms with Crippen molar-refractivity contribution in [2.24, 2.45) is 0 Å². The minimum Gasteiger partial charge on any atom is -0.249 e. The lowest BCUT2D eigenvalue weighted by Crippen LogP contribution is -2.05. The molecule has 1 rings (SSSR count). The van der Waals surface area contributed by atoms with Crippen molar-refractivity contribution < 1.29 is 0 Å². The summed E-state index contributed by atoms with van der Waals surface area (Å²) in [4.78, 5) is 0. The summed E-state index contributed by atoms with van der Waals surface area (Å²) in [6.07, 6.45) is 3.57. The Morgan fingerprint density at radius 1 is 1.29 bits per heavy atom. The summed E-state index contributed by atoms with van der Waals surface area (Å²) in [6, 6.07) is 0. The minimum atomic E-state index is 0.488. The molecule has 0 spiro atoms. The van der Waals surface area contributed by atoms with Gasteiger partial charge in [-0.1, -0.05) is 32.4 Å². The van der Waals surface area contributed by atoms with Crippen LogP contribution in [0.15, 0.2) is 0 Å². The zero-order valence-corrected chi connectivity index (χ0v) is 9.75. The Bertz CT molecular complexity index is 276. The van der Waals surface area contributed by atoms with Crippen LogP contribution < -0.4 is 0 Å². The Morgan fingerprint density at radius 3 is 2.50 bits per heavy atom. The van der Waals surface area contributed by atoms with Crippen LogP contribution in [0.4, 0.5) is 0 Å². The van der Waals surface area contributed by atoms with Crippen molar-refractivity contribution in [3.63, 3.8) is 0 Å². The number of hydrogen-bond acceptors (Lipinski definition) is 2. The molecule has 0 unspecified atom stereocenters. The Kier molecular flexibility index (Phi) is 4.11. The maximum absolute atomic E-state index is 4.25. The molecule has 0 atom stereocenters. The molecule has 0 N–H and O–H groups in total. The number of aryl methyl sites for hydroxylation is 1. The maximum Gasteiger partial charge on any atom is 0.0884 e. The van der Waals surface area contributed by atoms with Crippen LogP contribution in [0.3, 0.4) is 0 Å². The standard InChI is InChI=1S/C11H21N3/c1-5-7-8-10-11(9(3)4)12-13-14(10)6-2/h9H,5-8H2,1-4H3. The Labute approximate surface area is 86.5 Å². The highest BCUT2D eigenvalue weighted by molar-refractivity contribution is 5.14. The summed E-state index contributed by atoms with van der Waals surface area (Å²) >= 11 is 0. The van der Waals surface area contributed by atoms with Gasteiger partial charge >= 0.3 is 0 Å². The minimum absolute atomic E-state index is 0.488. The first kappa shape index (κ1) is 11.2. The van der Waals surface area contributed by atoms with Crippen LogP contribution in [-0.2, 0) is 13.0 Å². The molecule has 1 aromatic heterocycles. The second-order valence-corrected chi connectivity index (χ2v) is 4.00. The molecular weight excluding hydrogens is 174 g/mol. The van der Waals surface area contributed by atoms with E-state index in [0.717, 1.165) is 13.0 Å². The lowest BCUT2D eigenvalue weighted by Gasteiger charge is -2.07. The van der Waals surface area contributed by atoms with Gasteiger partial charge in [-0.15, -0.1) is 5.10 Å². The molecule has 1 heterocycles. The zero-order chi connectivity index (χ0) is 10.6. The quantitative estimate of drug-likeness (QED) is 0.723. The van der Waals surface area contributed by atoms with Crippen molar-refractivity contribution in [2.45, 2.75) is 59.4 Å². The monoisotopic (exact) mass is 195 g/mol. The fourth-order valence-corrected chi connectivity index (χ4v) is 1.65. The fraction of sp³-hybridized carbons (Fsp3) is 0.818. The average Bonchev–Trinajstić information content (AvgIpc) is 2.57. The Balaban J connectivity index is 2.88. The molecular formula is C11H21N3. The van der Waals surface area contributed by atoms with Gasteiger partial charge in [-0.05, 0) is 25.7 Å². The molecule has 0 saturated heterocycles. The first-order valence-electron chi connectivity index (χ1n) is 5.62. The van der Waals surface area contributed by atoms with Gasteiger partial charge in [0.05, 0.1) is 11.4 Å². The number of aromatic nitrogens is 3. The molecule has 1 aromatic rings. The summed E-state index contributed by atoms with van der Waals surface area (Å²) in [7, 11) is 0. The number of rotatable bonds is 5. The van der Waals surface area contributed by atoms with E-state index in [1.807, 2.05) is 4.68 Å². The van der Waals surface area contributed by atoms with Crippen molar-refractivity contribution in [2.75, 3.05) is 0 Å². The molecule has 0 aliphatic heterocycles. The molecule has 0 fully saturated rings. The molecule has 0 amide bonds. The predicted octanol–water partition coefficient (Wildman–Crippen LogP) is 2.76. The number of unbranched alkanes of at least 4 members (excludes halogenated alkanes) is 1. The number of hydrogen-bond donors (Lipinski definition) is 0. The molecule has 0 aliphatic rings. The highest BCUT2D eigenvalue weighted by Gasteiger charge is 2.13. The molecule has 3 nitrogen and oxygen atoms in total. The van der Waals surface area contributed by atoms with E-state index in [-0.39, 0.29) is 0 Å². The van der Waals surface area contributed by atoms with Gasteiger partial charge in [0.2, 0.25) is 0 Å². The molecule has 0 aliphatic carbocycles. The molecule has 0 radical (unpaired) electrons. The van der Waals surface area contributed by atoms with Gasteiger partial charge in [0, 0.05) is 6.54 Å². The Morgan fingerprint density at radius 2 is 2.00 bits per heavy atom. The van der Waals surface area contributed by atoms with Crippen LogP contribution in [0.5, 0.6) is 0 Å². The summed E-state index contributed by atoms with van der Waals surface area (Å²) in [5, 5.41) is 8.43. The van der Waals surface area contributed by atoms with E-state index >= 15 is 0 Å². The van der Waals surface area contributed by atoms with Crippen molar-refractivity contribution in [3.05, 3.63) is 11.4 Å². The van der Waals surface area contributed by atoms with E-state index in [9.17, 15) is 0 Å². The highest BCUT2D eigenvalue weighted by atomic mass is 15.4. The van der Waals surface area contributed by atoms with Crippen LogP contribution in [0.2, 0.25) is 0 Å². The molecule has 80 valence electrons. The van der Waals surface area contributed by atoms with Crippen LogP contribution >= 0.6 is 0 Å². The largest absolute Gasteiger partial charge is 0.249 e. The van der Waals surface area contributed by atoms with Gasteiger partial charge in [-0.3, -0.25) is 0 Å². The summed E-state index contributed by atoms with van der Waals surface area (Å²) in [5.74, 6) is 0.488. The van der Waals surface area contributed by atoms with E-state index in [0.29, 0.717) is 5.92 Å². The molecule has 14 heavy (non-hydrogen) atoms. The van der Waals surface area contributed by atoms with Crippen LogP contribution in [0.1, 0.15) is 57.8 Å². The topological polar surface area (TPSA) is 30.7 Å². The lowest BCUT2D eigenvalue weighted by molar-refractivity contribution is 0.587. The van der Waals surface area contributed by atoms with Gasteiger partial charge in [-0.2, -0.15) is 0 Å². The van der Waals surface area contributed by atoms with Crippen molar-refractivity contribution in [1.82, 2.24) is 15.0 Å². The summed E-state index contributed by atoms with van der Waals surface area (Å²) in [6.45, 7) is 9.63. The first-order valence-corrected chi connectivity index (χ1v) is 5.62. The van der Waals surface area contributed by atoms with Crippen molar-refractivity contribution in [3.8, 4) is 0 Å². The van der Waals surface area contributed by atoms with E-state index in [1.54, 1.807) is 0 Å². The van der Waals surface area contributed by atoms with Gasteiger partial charge < -0.3 is 0 Å². The van der Waals surface area contributed by atoms with Gasteiger partial charge in [0.15, 0.2) is 0 Å². The van der Waals surface area contributed by atoms with E-state index in [4.69, 9.17) is 0 Å². The van der Waals surface area contributed by atoms with E-state index < -0.39 is 0 Å². The average molecular weight is 195 g/mol. The zero-order valence-electron chi connectivity index (χ0n) is 9.75. The van der Waals surface area contributed by atoms with E-state index in [1.165, 1.54) is 24.2 Å². The van der Waals surface area contributed by atoms with Gasteiger partial charge in [0.1, 0.15) is 0 Å². The first-order chi connectivity index (χ1) is 6.70. The predicted molar refractivity (Wildman–Crippen MR) is 58.4 cm³/mol. The highest BCUT2D eigenvalue weighted by Crippen LogP contribution is 2.18. The molecule has 3 heteroatoms. The third kappa shape index (κ3) is 2.34. The Hall–Kier alpha value is -0.860. The lowest BCUT2D eigenvalue weighted by atomic mass is 10.0. The summed E-state index contributed by atoms with van der Waals surface area (Å²) < 4.78 is 2.03. The smallest absolute Gasteiger partial charge is 0.0884 e. The second-order valence-electron chi connectivity index (χ2n) is 4.00. The van der Waals surface area contributed by atoms with E-state index in [2.05, 4.69) is 38.0 Å². The third-order valence-electron chi connectivity index (χ3n) is 2.48. The number of nitrogens with zero attached hydrogens (tertiary/aromatic N) is 3. The maximum atomic E-state index is 4.25. The molecule has 0 aromatic carbocycles. The normalized spacial score (nSPS) is 11.2. The van der Waals surface area contributed by atoms with Crippen LogP contribution in [-0.4, -0.2) is 15.0 Å². The fourth-order valence-electron chi connectivity index (χ4n) is 1.65. The van der Waals surface area contributed by atoms with Crippen LogP contribution in [0.25, 0.3) is 0 Å². The van der Waals surface area contributed by atoms with Gasteiger partial charge in [0.25, 0.3) is 0 Å². The molecule has 0 saturated carbocycles. The van der Waals surface area contributed by atoms with Crippen molar-refractivity contribution >= 4 is 0 Å². The van der Waals surface area contributed by atoms with Gasteiger partial charge in [-0.25, -0.2) is 4.68 Å². The van der Waals surface area contributed by atoms with Crippen LogP contribution in [0, 0.1) is 0 Å². The SMILES string of the molecule is CCCCc1c(C(C)C)nnn1CC. The molecule has 0 bridgehead atoms. The van der Waals surface area contributed by atoms with Crippen molar-refractivity contribution in [1.29, 1.82) is 0 Å².